The van der Waals surface area contributed by atoms with Gasteiger partial charge in [-0.3, -0.25) is 4.79 Å². The molecule has 1 heterocycles. The molecule has 0 aliphatic carbocycles. The van der Waals surface area contributed by atoms with Gasteiger partial charge >= 0.3 is 0 Å². The molecule has 0 aliphatic rings. The molecular weight excluding hydrogens is 347 g/mol. The minimum atomic E-state index is -0.332. The van der Waals surface area contributed by atoms with Crippen LogP contribution < -0.4 is 14.8 Å². The number of benzene rings is 2. The van der Waals surface area contributed by atoms with Crippen molar-refractivity contribution in [3.63, 3.8) is 0 Å². The Labute approximate surface area is 157 Å². The summed E-state index contributed by atoms with van der Waals surface area (Å²) in [6.07, 6.45) is 3.86. The van der Waals surface area contributed by atoms with Crippen LogP contribution in [0.2, 0.25) is 0 Å². The molecule has 1 aromatic heterocycles. The molecule has 0 saturated heterocycles. The standard InChI is InChI=1S/C21H21FN2O3/c1-26-17-8-9-18(20(13-17)27-2)23-21(25)14-19(24-10-3-4-11-24)15-6-5-7-16(22)12-15/h3-13,19H,14H2,1-2H3,(H,23,25)/t19-/m1/s1. The zero-order valence-electron chi connectivity index (χ0n) is 15.2. The van der Waals surface area contributed by atoms with Crippen molar-refractivity contribution in [3.05, 3.63) is 78.4 Å². The van der Waals surface area contributed by atoms with Crippen molar-refractivity contribution in [2.45, 2.75) is 12.5 Å². The lowest BCUT2D eigenvalue weighted by Crippen LogP contribution is -2.20. The molecule has 6 heteroatoms. The van der Waals surface area contributed by atoms with E-state index in [0.29, 0.717) is 17.2 Å². The van der Waals surface area contributed by atoms with Gasteiger partial charge in [0.1, 0.15) is 17.3 Å². The number of anilines is 1. The monoisotopic (exact) mass is 368 g/mol. The molecule has 0 unspecified atom stereocenters. The van der Waals surface area contributed by atoms with Crippen LogP contribution in [-0.4, -0.2) is 24.7 Å². The summed E-state index contributed by atoms with van der Waals surface area (Å²) >= 11 is 0. The van der Waals surface area contributed by atoms with E-state index in [0.717, 1.165) is 5.56 Å². The van der Waals surface area contributed by atoms with Gasteiger partial charge in [0.2, 0.25) is 5.91 Å². The van der Waals surface area contributed by atoms with Gasteiger partial charge in [-0.1, -0.05) is 12.1 Å². The maximum Gasteiger partial charge on any atom is 0.226 e. The Bertz CT molecular complexity index is 910. The third-order valence-electron chi connectivity index (χ3n) is 4.28. The zero-order valence-corrected chi connectivity index (χ0v) is 15.2. The quantitative estimate of drug-likeness (QED) is 0.678. The summed E-state index contributed by atoms with van der Waals surface area (Å²) in [5.74, 6) is 0.601. The Balaban J connectivity index is 1.81. The second-order valence-electron chi connectivity index (χ2n) is 6.02. The summed E-state index contributed by atoms with van der Waals surface area (Å²) in [6.45, 7) is 0. The number of carbonyl (C=O) groups excluding carboxylic acids is 1. The molecule has 3 rings (SSSR count). The highest BCUT2D eigenvalue weighted by atomic mass is 19.1. The smallest absolute Gasteiger partial charge is 0.226 e. The van der Waals surface area contributed by atoms with Crippen LogP contribution >= 0.6 is 0 Å². The normalized spacial score (nSPS) is 11.7. The summed E-state index contributed by atoms with van der Waals surface area (Å²) in [5, 5.41) is 2.86. The lowest BCUT2D eigenvalue weighted by atomic mass is 10.0. The fourth-order valence-corrected chi connectivity index (χ4v) is 2.94. The van der Waals surface area contributed by atoms with Gasteiger partial charge in [0.05, 0.1) is 32.4 Å². The van der Waals surface area contributed by atoms with Crippen molar-refractivity contribution in [1.29, 1.82) is 0 Å². The molecule has 0 saturated carbocycles. The molecule has 0 fully saturated rings. The molecule has 2 aromatic carbocycles. The number of nitrogens with zero attached hydrogens (tertiary/aromatic N) is 1. The van der Waals surface area contributed by atoms with E-state index in [4.69, 9.17) is 9.47 Å². The largest absolute Gasteiger partial charge is 0.497 e. The van der Waals surface area contributed by atoms with Crippen LogP contribution in [0.25, 0.3) is 0 Å². The first-order chi connectivity index (χ1) is 13.1. The number of hydrogen-bond donors (Lipinski definition) is 1. The summed E-state index contributed by atoms with van der Waals surface area (Å²) in [4.78, 5) is 12.7. The summed E-state index contributed by atoms with van der Waals surface area (Å²) in [6, 6.07) is 14.9. The minimum Gasteiger partial charge on any atom is -0.497 e. The van der Waals surface area contributed by atoms with E-state index in [1.807, 2.05) is 35.2 Å². The van der Waals surface area contributed by atoms with Crippen molar-refractivity contribution in [3.8, 4) is 11.5 Å². The van der Waals surface area contributed by atoms with E-state index in [1.165, 1.54) is 19.2 Å². The third kappa shape index (κ3) is 4.47. The van der Waals surface area contributed by atoms with Crippen LogP contribution in [0.5, 0.6) is 11.5 Å². The lowest BCUT2D eigenvalue weighted by Gasteiger charge is -2.20. The molecule has 0 bridgehead atoms. The van der Waals surface area contributed by atoms with Crippen LogP contribution in [0, 0.1) is 5.82 Å². The van der Waals surface area contributed by atoms with Crippen molar-refractivity contribution in [1.82, 2.24) is 4.57 Å². The van der Waals surface area contributed by atoms with Gasteiger partial charge in [0, 0.05) is 18.5 Å². The predicted octanol–water partition coefficient (Wildman–Crippen LogP) is 4.26. The highest BCUT2D eigenvalue weighted by molar-refractivity contribution is 5.93. The zero-order chi connectivity index (χ0) is 19.2. The topological polar surface area (TPSA) is 52.5 Å². The van der Waals surface area contributed by atoms with Crippen molar-refractivity contribution < 1.29 is 18.7 Å². The number of rotatable bonds is 7. The van der Waals surface area contributed by atoms with Gasteiger partial charge in [-0.05, 0) is 42.0 Å². The summed E-state index contributed by atoms with van der Waals surface area (Å²) in [5.41, 5.74) is 1.27. The first-order valence-electron chi connectivity index (χ1n) is 8.50. The van der Waals surface area contributed by atoms with Crippen LogP contribution in [0.4, 0.5) is 10.1 Å². The number of carbonyl (C=O) groups is 1. The fraction of sp³-hybridized carbons (Fsp3) is 0.190. The Hall–Kier alpha value is -3.28. The molecule has 5 nitrogen and oxygen atoms in total. The Morgan fingerprint density at radius 3 is 2.52 bits per heavy atom. The van der Waals surface area contributed by atoms with Gasteiger partial charge in [-0.25, -0.2) is 4.39 Å². The van der Waals surface area contributed by atoms with E-state index in [2.05, 4.69) is 5.32 Å². The van der Waals surface area contributed by atoms with Gasteiger partial charge in [0.15, 0.2) is 0 Å². The molecule has 1 atom stereocenters. The van der Waals surface area contributed by atoms with Crippen LogP contribution in [0.1, 0.15) is 18.0 Å². The van der Waals surface area contributed by atoms with Crippen LogP contribution in [0.15, 0.2) is 67.0 Å². The maximum atomic E-state index is 13.7. The summed E-state index contributed by atoms with van der Waals surface area (Å²) < 4.78 is 26.1. The van der Waals surface area contributed by atoms with E-state index in [1.54, 1.807) is 31.4 Å². The predicted molar refractivity (Wildman–Crippen MR) is 102 cm³/mol. The molecule has 27 heavy (non-hydrogen) atoms. The van der Waals surface area contributed by atoms with Crippen molar-refractivity contribution in [2.75, 3.05) is 19.5 Å². The van der Waals surface area contributed by atoms with Gasteiger partial charge in [-0.15, -0.1) is 0 Å². The van der Waals surface area contributed by atoms with E-state index in [-0.39, 0.29) is 24.2 Å². The molecule has 1 N–H and O–H groups in total. The first-order valence-corrected chi connectivity index (χ1v) is 8.50. The summed E-state index contributed by atoms with van der Waals surface area (Å²) in [7, 11) is 3.09. The number of ether oxygens (including phenoxy) is 2. The molecular formula is C21H21FN2O3. The SMILES string of the molecule is COc1ccc(NC(=O)C[C@H](c2cccc(F)c2)n2cccc2)c(OC)c1. The fourth-order valence-electron chi connectivity index (χ4n) is 2.94. The lowest BCUT2D eigenvalue weighted by molar-refractivity contribution is -0.116. The highest BCUT2D eigenvalue weighted by Gasteiger charge is 2.19. The highest BCUT2D eigenvalue weighted by Crippen LogP contribution is 2.30. The first kappa shape index (κ1) is 18.5. The Kier molecular flexibility index (Phi) is 5.76. The average Bonchev–Trinajstić information content (AvgIpc) is 3.21. The third-order valence-corrected chi connectivity index (χ3v) is 4.28. The van der Waals surface area contributed by atoms with Gasteiger partial charge in [0.25, 0.3) is 0 Å². The molecule has 0 spiro atoms. The average molecular weight is 368 g/mol. The molecule has 0 radical (unpaired) electrons. The Morgan fingerprint density at radius 1 is 1.07 bits per heavy atom. The maximum absolute atomic E-state index is 13.7. The van der Waals surface area contributed by atoms with Crippen molar-refractivity contribution in [2.24, 2.45) is 0 Å². The Morgan fingerprint density at radius 2 is 1.85 bits per heavy atom. The van der Waals surface area contributed by atoms with Gasteiger partial charge in [-0.2, -0.15) is 0 Å². The van der Waals surface area contributed by atoms with E-state index < -0.39 is 0 Å². The minimum absolute atomic E-state index is 0.146. The van der Waals surface area contributed by atoms with E-state index >= 15 is 0 Å². The number of aromatic nitrogens is 1. The van der Waals surface area contributed by atoms with E-state index in [9.17, 15) is 9.18 Å². The van der Waals surface area contributed by atoms with Crippen molar-refractivity contribution >= 4 is 11.6 Å². The van der Waals surface area contributed by atoms with Crippen LogP contribution in [0.3, 0.4) is 0 Å². The number of nitrogens with one attached hydrogen (secondary N) is 1. The molecule has 0 aliphatic heterocycles. The second kappa shape index (κ2) is 8.40. The van der Waals surface area contributed by atoms with Gasteiger partial charge < -0.3 is 19.4 Å². The molecule has 1 amide bonds. The van der Waals surface area contributed by atoms with Crippen LogP contribution in [-0.2, 0) is 4.79 Å². The number of amides is 1. The molecule has 3 aromatic rings. The number of methoxy groups -OCH3 is 2. The number of halogens is 1. The number of hydrogen-bond acceptors (Lipinski definition) is 3. The second-order valence-corrected chi connectivity index (χ2v) is 6.02. The molecule has 140 valence electrons.